The highest BCUT2D eigenvalue weighted by Crippen LogP contribution is 2.33. The topological polar surface area (TPSA) is 89.7 Å². The Morgan fingerprint density at radius 1 is 1.56 bits per heavy atom. The summed E-state index contributed by atoms with van der Waals surface area (Å²) in [6.45, 7) is -1.79. The van der Waals surface area contributed by atoms with E-state index in [1.165, 1.54) is 13.0 Å². The lowest BCUT2D eigenvalue weighted by atomic mass is 10.0. The molecule has 1 rings (SSSR count). The molecule has 0 fully saturated rings. The number of rotatable bonds is 5. The van der Waals surface area contributed by atoms with Crippen LogP contribution in [0.2, 0.25) is 0 Å². The van der Waals surface area contributed by atoms with Gasteiger partial charge in [-0.25, -0.2) is 0 Å². The molecule has 0 radical (unpaired) electrons. The number of carboxylic acid groups (broad SMARTS) is 1. The van der Waals surface area contributed by atoms with Crippen molar-refractivity contribution in [3.8, 4) is 5.75 Å². The van der Waals surface area contributed by atoms with E-state index in [2.05, 4.69) is 4.74 Å². The number of carboxylic acids is 1. The molecule has 0 bridgehead atoms. The van der Waals surface area contributed by atoms with Gasteiger partial charge in [-0.1, -0.05) is 0 Å². The molecule has 1 N–H and O–H groups in total. The molecule has 1 aromatic carbocycles. The maximum atomic E-state index is 12.2. The van der Waals surface area contributed by atoms with Crippen molar-refractivity contribution >= 4 is 11.7 Å². The van der Waals surface area contributed by atoms with Gasteiger partial charge in [0.05, 0.1) is 16.9 Å². The largest absolute Gasteiger partial charge is 0.481 e. The Morgan fingerprint density at radius 2 is 2.17 bits per heavy atom. The van der Waals surface area contributed by atoms with E-state index in [4.69, 9.17) is 5.11 Å². The molecule has 0 aliphatic carbocycles. The number of halogens is 2. The standard InChI is InChI=1S/C10H9F2NO5/c1-5-2-3-7(13(16)17)6(4-8(14)15)9(5)18-10(11)12/h2-3,10H,4H2,1H3,(H,14,15). The molecule has 0 aromatic heterocycles. The van der Waals surface area contributed by atoms with Crippen LogP contribution in [0.3, 0.4) is 0 Å². The Bertz CT molecular complexity index is 489. The van der Waals surface area contributed by atoms with Crippen molar-refractivity contribution in [1.82, 2.24) is 0 Å². The molecule has 1 aromatic rings. The predicted molar refractivity (Wildman–Crippen MR) is 55.8 cm³/mol. The Kier molecular flexibility index (Phi) is 4.13. The van der Waals surface area contributed by atoms with E-state index >= 15 is 0 Å². The van der Waals surface area contributed by atoms with Crippen LogP contribution in [0.5, 0.6) is 5.75 Å². The molecular formula is C10H9F2NO5. The summed E-state index contributed by atoms with van der Waals surface area (Å²) in [5.41, 5.74) is -0.719. The molecule has 0 saturated carbocycles. The molecule has 8 heteroatoms. The molecule has 0 amide bonds. The summed E-state index contributed by atoms with van der Waals surface area (Å²) in [7, 11) is 0. The highest BCUT2D eigenvalue weighted by Gasteiger charge is 2.24. The summed E-state index contributed by atoms with van der Waals surface area (Å²) in [6.07, 6.45) is -0.764. The van der Waals surface area contributed by atoms with Gasteiger partial charge in [-0.2, -0.15) is 8.78 Å². The van der Waals surface area contributed by atoms with Crippen LogP contribution >= 0.6 is 0 Å². The minimum Gasteiger partial charge on any atom is -0.481 e. The van der Waals surface area contributed by atoms with Crippen LogP contribution in [0.1, 0.15) is 11.1 Å². The lowest BCUT2D eigenvalue weighted by Gasteiger charge is -2.12. The lowest BCUT2D eigenvalue weighted by molar-refractivity contribution is -0.385. The third kappa shape index (κ3) is 3.12. The molecule has 0 spiro atoms. The quantitative estimate of drug-likeness (QED) is 0.647. The smallest absolute Gasteiger partial charge is 0.387 e. The van der Waals surface area contributed by atoms with Crippen molar-refractivity contribution < 1.29 is 28.3 Å². The van der Waals surface area contributed by atoms with Crippen LogP contribution in [0, 0.1) is 17.0 Å². The maximum Gasteiger partial charge on any atom is 0.387 e. The number of benzene rings is 1. The van der Waals surface area contributed by atoms with E-state index in [0.717, 1.165) is 6.07 Å². The number of nitro benzene ring substituents is 1. The fourth-order valence-electron chi connectivity index (χ4n) is 1.48. The summed E-state index contributed by atoms with van der Waals surface area (Å²) in [5.74, 6) is -1.83. The first kappa shape index (κ1) is 13.8. The zero-order valence-electron chi connectivity index (χ0n) is 9.22. The van der Waals surface area contributed by atoms with Crippen LogP contribution in [0.4, 0.5) is 14.5 Å². The van der Waals surface area contributed by atoms with Crippen molar-refractivity contribution in [2.45, 2.75) is 20.0 Å². The van der Waals surface area contributed by atoms with Crippen molar-refractivity contribution in [1.29, 1.82) is 0 Å². The number of hydrogen-bond donors (Lipinski definition) is 1. The predicted octanol–water partition coefficient (Wildman–Crippen LogP) is 2.13. The second-order valence-corrected chi connectivity index (χ2v) is 3.42. The Balaban J connectivity index is 3.39. The van der Waals surface area contributed by atoms with E-state index in [1.54, 1.807) is 0 Å². The van der Waals surface area contributed by atoms with E-state index in [0.29, 0.717) is 0 Å². The van der Waals surface area contributed by atoms with E-state index < -0.39 is 35.4 Å². The average molecular weight is 261 g/mol. The minimum absolute atomic E-state index is 0.206. The van der Waals surface area contributed by atoms with Gasteiger partial charge < -0.3 is 9.84 Å². The molecule has 0 aliphatic rings. The monoisotopic (exact) mass is 261 g/mol. The molecule has 0 unspecified atom stereocenters. The number of alkyl halides is 2. The number of nitro groups is 1. The summed E-state index contributed by atoms with van der Waals surface area (Å²) in [4.78, 5) is 20.5. The summed E-state index contributed by atoms with van der Waals surface area (Å²) in [6, 6.07) is 2.28. The fraction of sp³-hybridized carbons (Fsp3) is 0.300. The Hall–Kier alpha value is -2.25. The van der Waals surface area contributed by atoms with Crippen LogP contribution in [-0.2, 0) is 11.2 Å². The van der Waals surface area contributed by atoms with Crippen LogP contribution < -0.4 is 4.74 Å². The van der Waals surface area contributed by atoms with Gasteiger partial charge in [0.2, 0.25) is 0 Å². The third-order valence-corrected chi connectivity index (χ3v) is 2.16. The average Bonchev–Trinajstić information content (AvgIpc) is 2.21. The molecule has 0 saturated heterocycles. The van der Waals surface area contributed by atoms with Gasteiger partial charge in [0.25, 0.3) is 5.69 Å². The number of hydrogen-bond acceptors (Lipinski definition) is 4. The maximum absolute atomic E-state index is 12.2. The van der Waals surface area contributed by atoms with Crippen LogP contribution in [0.25, 0.3) is 0 Å². The van der Waals surface area contributed by atoms with Crippen molar-refractivity contribution in [2.75, 3.05) is 0 Å². The summed E-state index contributed by atoms with van der Waals surface area (Å²) < 4.78 is 28.6. The molecular weight excluding hydrogens is 252 g/mol. The van der Waals surface area contributed by atoms with Gasteiger partial charge in [-0.05, 0) is 18.6 Å². The Labute approximate surface area is 99.9 Å². The molecule has 0 atom stereocenters. The zero-order chi connectivity index (χ0) is 13.9. The first-order chi connectivity index (χ1) is 8.32. The van der Waals surface area contributed by atoms with Crippen LogP contribution in [-0.4, -0.2) is 22.6 Å². The van der Waals surface area contributed by atoms with Gasteiger partial charge in [-0.3, -0.25) is 14.9 Å². The number of ether oxygens (including phenoxy) is 1. The van der Waals surface area contributed by atoms with Crippen molar-refractivity contribution in [3.63, 3.8) is 0 Å². The SMILES string of the molecule is Cc1ccc([N+](=O)[O-])c(CC(=O)O)c1OC(F)F. The van der Waals surface area contributed by atoms with Gasteiger partial charge >= 0.3 is 12.6 Å². The normalized spacial score (nSPS) is 10.4. The van der Waals surface area contributed by atoms with Gasteiger partial charge in [0.15, 0.2) is 0 Å². The molecule has 6 nitrogen and oxygen atoms in total. The van der Waals surface area contributed by atoms with E-state index in [-0.39, 0.29) is 11.1 Å². The molecule has 18 heavy (non-hydrogen) atoms. The molecule has 0 heterocycles. The number of aliphatic carboxylic acids is 1. The summed E-state index contributed by atoms with van der Waals surface area (Å²) in [5, 5.41) is 19.4. The first-order valence-corrected chi connectivity index (χ1v) is 4.76. The van der Waals surface area contributed by atoms with Gasteiger partial charge in [0, 0.05) is 6.07 Å². The molecule has 98 valence electrons. The number of aryl methyl sites for hydroxylation is 1. The van der Waals surface area contributed by atoms with Gasteiger partial charge in [0.1, 0.15) is 5.75 Å². The van der Waals surface area contributed by atoms with E-state index in [1.807, 2.05) is 0 Å². The van der Waals surface area contributed by atoms with Crippen molar-refractivity contribution in [3.05, 3.63) is 33.4 Å². The first-order valence-electron chi connectivity index (χ1n) is 4.76. The minimum atomic E-state index is -3.18. The van der Waals surface area contributed by atoms with Gasteiger partial charge in [-0.15, -0.1) is 0 Å². The third-order valence-electron chi connectivity index (χ3n) is 2.16. The van der Waals surface area contributed by atoms with E-state index in [9.17, 15) is 23.7 Å². The second-order valence-electron chi connectivity index (χ2n) is 3.42. The molecule has 0 aliphatic heterocycles. The Morgan fingerprint density at radius 3 is 2.61 bits per heavy atom. The van der Waals surface area contributed by atoms with Crippen LogP contribution in [0.15, 0.2) is 12.1 Å². The number of carbonyl (C=O) groups is 1. The lowest BCUT2D eigenvalue weighted by Crippen LogP contribution is -2.11. The highest BCUT2D eigenvalue weighted by molar-refractivity contribution is 5.74. The fourth-order valence-corrected chi connectivity index (χ4v) is 1.48. The zero-order valence-corrected chi connectivity index (χ0v) is 9.22. The second kappa shape index (κ2) is 5.39. The highest BCUT2D eigenvalue weighted by atomic mass is 19.3. The van der Waals surface area contributed by atoms with Crippen molar-refractivity contribution in [2.24, 2.45) is 0 Å². The number of nitrogens with zero attached hydrogens (tertiary/aromatic N) is 1. The summed E-state index contributed by atoms with van der Waals surface area (Å²) >= 11 is 0.